The summed E-state index contributed by atoms with van der Waals surface area (Å²) in [7, 11) is 0. The summed E-state index contributed by atoms with van der Waals surface area (Å²) >= 11 is 11.8. The Kier molecular flexibility index (Phi) is 5.01. The molecule has 0 radical (unpaired) electrons. The van der Waals surface area contributed by atoms with E-state index in [1.165, 1.54) is 0 Å². The molecule has 102 valence electrons. The van der Waals surface area contributed by atoms with Gasteiger partial charge in [0.05, 0.1) is 6.54 Å². The van der Waals surface area contributed by atoms with Crippen molar-refractivity contribution in [1.29, 1.82) is 0 Å². The monoisotopic (exact) mass is 300 g/mol. The van der Waals surface area contributed by atoms with Gasteiger partial charge in [-0.3, -0.25) is 0 Å². The van der Waals surface area contributed by atoms with Crippen molar-refractivity contribution in [1.82, 2.24) is 15.5 Å². The maximum Gasteiger partial charge on any atom is 0.320 e. The zero-order valence-corrected chi connectivity index (χ0v) is 11.9. The zero-order valence-electron chi connectivity index (χ0n) is 10.4. The summed E-state index contributed by atoms with van der Waals surface area (Å²) in [5.74, 6) is 0.532. The van der Waals surface area contributed by atoms with Gasteiger partial charge in [0.25, 0.3) is 0 Å². The van der Waals surface area contributed by atoms with Crippen molar-refractivity contribution >= 4 is 34.9 Å². The molecule has 0 fully saturated rings. The minimum atomic E-state index is 0.312. The summed E-state index contributed by atoms with van der Waals surface area (Å²) in [6, 6.07) is 5.42. The molecule has 2 aromatic rings. The van der Waals surface area contributed by atoms with E-state index < -0.39 is 0 Å². The molecule has 1 aromatic carbocycles. The van der Waals surface area contributed by atoms with Crippen LogP contribution in [0, 0.1) is 0 Å². The van der Waals surface area contributed by atoms with Crippen LogP contribution in [0.25, 0.3) is 0 Å². The second kappa shape index (κ2) is 6.75. The number of halogens is 2. The number of benzene rings is 1. The first-order valence-corrected chi connectivity index (χ1v) is 6.69. The Bertz CT molecular complexity index is 524. The molecule has 1 heterocycles. The Hall–Kier alpha value is -1.30. The van der Waals surface area contributed by atoms with Crippen molar-refractivity contribution in [3.63, 3.8) is 0 Å². The molecule has 0 aliphatic rings. The van der Waals surface area contributed by atoms with Gasteiger partial charge in [-0.05, 0) is 31.2 Å². The van der Waals surface area contributed by atoms with Crippen molar-refractivity contribution in [2.75, 3.05) is 11.9 Å². The van der Waals surface area contributed by atoms with Crippen LogP contribution in [0.3, 0.4) is 0 Å². The van der Waals surface area contributed by atoms with Gasteiger partial charge < -0.3 is 15.1 Å². The summed E-state index contributed by atoms with van der Waals surface area (Å²) in [6.07, 6.45) is 1.06. The molecule has 0 bridgehead atoms. The molecule has 1 aromatic heterocycles. The van der Waals surface area contributed by atoms with Crippen LogP contribution < -0.4 is 10.6 Å². The summed E-state index contributed by atoms with van der Waals surface area (Å²) in [4.78, 5) is 0. The molecule has 0 atom stereocenters. The van der Waals surface area contributed by atoms with E-state index in [1.807, 2.05) is 0 Å². The fourth-order valence-electron chi connectivity index (χ4n) is 1.50. The Morgan fingerprint density at radius 3 is 2.58 bits per heavy atom. The summed E-state index contributed by atoms with van der Waals surface area (Å²) in [5, 5.41) is 15.0. The number of rotatable bonds is 6. The van der Waals surface area contributed by atoms with Gasteiger partial charge in [-0.1, -0.05) is 35.2 Å². The molecule has 0 saturated heterocycles. The fourth-order valence-corrected chi connectivity index (χ4v) is 2.02. The van der Waals surface area contributed by atoms with E-state index in [0.717, 1.165) is 13.0 Å². The highest BCUT2D eigenvalue weighted by atomic mass is 35.5. The highest BCUT2D eigenvalue weighted by molar-refractivity contribution is 6.35. The second-order valence-electron chi connectivity index (χ2n) is 3.96. The van der Waals surface area contributed by atoms with Gasteiger partial charge >= 0.3 is 6.01 Å². The van der Waals surface area contributed by atoms with Crippen LogP contribution in [0.4, 0.5) is 11.7 Å². The Labute approximate surface area is 121 Å². The van der Waals surface area contributed by atoms with Gasteiger partial charge in [-0.2, -0.15) is 0 Å². The van der Waals surface area contributed by atoms with Crippen LogP contribution in [0.1, 0.15) is 19.2 Å². The van der Waals surface area contributed by atoms with Gasteiger partial charge in [0.2, 0.25) is 5.89 Å². The number of anilines is 2. The smallest absolute Gasteiger partial charge is 0.320 e. The van der Waals surface area contributed by atoms with E-state index in [1.54, 1.807) is 18.2 Å². The maximum atomic E-state index is 5.90. The van der Waals surface area contributed by atoms with Crippen molar-refractivity contribution in [2.45, 2.75) is 19.9 Å². The minimum Gasteiger partial charge on any atom is -0.406 e. The predicted octanol–water partition coefficient (Wildman–Crippen LogP) is 3.62. The van der Waals surface area contributed by atoms with Crippen LogP contribution in [0.15, 0.2) is 22.6 Å². The fraction of sp³-hybridized carbons (Fsp3) is 0.333. The van der Waals surface area contributed by atoms with Crippen LogP contribution >= 0.6 is 23.2 Å². The van der Waals surface area contributed by atoms with Gasteiger partial charge in [-0.15, -0.1) is 5.10 Å². The Morgan fingerprint density at radius 1 is 1.16 bits per heavy atom. The first-order valence-electron chi connectivity index (χ1n) is 5.93. The third-order valence-electron chi connectivity index (χ3n) is 2.28. The predicted molar refractivity (Wildman–Crippen MR) is 76.0 cm³/mol. The van der Waals surface area contributed by atoms with E-state index in [-0.39, 0.29) is 0 Å². The normalized spacial score (nSPS) is 10.7. The first-order chi connectivity index (χ1) is 9.17. The van der Waals surface area contributed by atoms with Crippen LogP contribution in [0.5, 0.6) is 0 Å². The van der Waals surface area contributed by atoms with E-state index in [4.69, 9.17) is 27.6 Å². The van der Waals surface area contributed by atoms with Gasteiger partial charge in [-0.25, -0.2) is 0 Å². The third-order valence-corrected chi connectivity index (χ3v) is 2.72. The largest absolute Gasteiger partial charge is 0.406 e. The number of aromatic nitrogens is 2. The molecular weight excluding hydrogens is 287 g/mol. The van der Waals surface area contributed by atoms with Crippen molar-refractivity contribution in [3.05, 3.63) is 34.1 Å². The molecule has 0 amide bonds. The van der Waals surface area contributed by atoms with E-state index in [2.05, 4.69) is 27.8 Å². The minimum absolute atomic E-state index is 0.312. The number of nitrogens with zero attached hydrogens (tertiary/aromatic N) is 2. The van der Waals surface area contributed by atoms with Crippen molar-refractivity contribution in [2.24, 2.45) is 0 Å². The average Bonchev–Trinajstić information content (AvgIpc) is 2.76. The van der Waals surface area contributed by atoms with Gasteiger partial charge in [0.1, 0.15) is 0 Å². The highest BCUT2D eigenvalue weighted by Crippen LogP contribution is 2.24. The quantitative estimate of drug-likeness (QED) is 0.798. The molecule has 0 unspecified atom stereocenters. The summed E-state index contributed by atoms with van der Waals surface area (Å²) < 4.78 is 5.43. The topological polar surface area (TPSA) is 63.0 Å². The number of hydrogen-bond donors (Lipinski definition) is 2. The molecule has 0 spiro atoms. The zero-order chi connectivity index (χ0) is 13.7. The van der Waals surface area contributed by atoms with Gasteiger partial charge in [0, 0.05) is 15.7 Å². The number of hydrogen-bond acceptors (Lipinski definition) is 5. The van der Waals surface area contributed by atoms with E-state index in [9.17, 15) is 0 Å². The Balaban J connectivity index is 1.99. The van der Waals surface area contributed by atoms with Crippen LogP contribution in [-0.2, 0) is 6.54 Å². The molecule has 2 rings (SSSR count). The molecular formula is C12H14Cl2N4O. The standard InChI is InChI=1S/C12H14Cl2N4O/c1-2-3-15-7-11-17-18-12(19-11)16-10-5-8(13)4-9(14)6-10/h4-6,15H,2-3,7H2,1H3,(H,16,18). The number of nitrogens with one attached hydrogen (secondary N) is 2. The molecule has 5 nitrogen and oxygen atoms in total. The maximum absolute atomic E-state index is 5.90. The molecule has 2 N–H and O–H groups in total. The lowest BCUT2D eigenvalue weighted by molar-refractivity contribution is 0.479. The first kappa shape index (κ1) is 14.1. The highest BCUT2D eigenvalue weighted by Gasteiger charge is 2.06. The molecule has 7 heteroatoms. The summed E-state index contributed by atoms with van der Waals surface area (Å²) in [5.41, 5.74) is 0.703. The van der Waals surface area contributed by atoms with E-state index in [0.29, 0.717) is 34.2 Å². The lowest BCUT2D eigenvalue weighted by Crippen LogP contribution is -2.13. The molecule has 0 aliphatic carbocycles. The van der Waals surface area contributed by atoms with Crippen molar-refractivity contribution < 1.29 is 4.42 Å². The lowest BCUT2D eigenvalue weighted by atomic mass is 10.3. The summed E-state index contributed by atoms with van der Waals surface area (Å²) in [6.45, 7) is 3.56. The SMILES string of the molecule is CCCNCc1nnc(Nc2cc(Cl)cc(Cl)c2)o1. The average molecular weight is 301 g/mol. The Morgan fingerprint density at radius 2 is 1.89 bits per heavy atom. The van der Waals surface area contributed by atoms with Crippen molar-refractivity contribution in [3.8, 4) is 0 Å². The lowest BCUT2D eigenvalue weighted by Gasteiger charge is -2.02. The molecule has 0 aliphatic heterocycles. The third kappa shape index (κ3) is 4.38. The van der Waals surface area contributed by atoms with Crippen LogP contribution in [-0.4, -0.2) is 16.7 Å². The second-order valence-corrected chi connectivity index (χ2v) is 4.83. The molecule has 0 saturated carbocycles. The van der Waals surface area contributed by atoms with E-state index >= 15 is 0 Å². The van der Waals surface area contributed by atoms with Crippen LogP contribution in [0.2, 0.25) is 10.0 Å². The van der Waals surface area contributed by atoms with Gasteiger partial charge in [0.15, 0.2) is 0 Å². The molecule has 19 heavy (non-hydrogen) atoms.